The zero-order valence-corrected chi connectivity index (χ0v) is 14.1. The fraction of sp³-hybridized carbons (Fsp3) is 0.125. The number of carbonyl (C=O) groups is 1. The average molecular weight is 359 g/mol. The number of rotatable bonds is 4. The third kappa shape index (κ3) is 2.85. The van der Waals surface area contributed by atoms with Crippen LogP contribution >= 0.6 is 12.2 Å². The van der Waals surface area contributed by atoms with Crippen LogP contribution in [0.4, 0.5) is 0 Å². The van der Waals surface area contributed by atoms with Gasteiger partial charge >= 0.3 is 5.97 Å². The van der Waals surface area contributed by atoms with Gasteiger partial charge in [0.1, 0.15) is 5.75 Å². The summed E-state index contributed by atoms with van der Waals surface area (Å²) in [6.07, 6.45) is 1.44. The van der Waals surface area contributed by atoms with E-state index in [1.165, 1.54) is 43.2 Å². The summed E-state index contributed by atoms with van der Waals surface area (Å²) in [6.45, 7) is 0. The van der Waals surface area contributed by atoms with Gasteiger partial charge < -0.3 is 19.6 Å². The van der Waals surface area contributed by atoms with Gasteiger partial charge in [-0.1, -0.05) is 0 Å². The van der Waals surface area contributed by atoms with Crippen LogP contribution in [0.1, 0.15) is 10.4 Å². The minimum atomic E-state index is -1.09. The van der Waals surface area contributed by atoms with Crippen LogP contribution in [0.3, 0.4) is 0 Å². The summed E-state index contributed by atoms with van der Waals surface area (Å²) < 4.78 is 11.6. The molecule has 0 bridgehead atoms. The first kappa shape index (κ1) is 16.7. The molecule has 1 aromatic carbocycles. The fourth-order valence-electron chi connectivity index (χ4n) is 2.39. The second-order valence-electron chi connectivity index (χ2n) is 5.04. The molecule has 3 aromatic rings. The Morgan fingerprint density at radius 1 is 1.28 bits per heavy atom. The van der Waals surface area contributed by atoms with E-state index in [0.717, 1.165) is 0 Å². The number of ether oxygens (including phenoxy) is 2. The first-order chi connectivity index (χ1) is 12.0. The number of hydrogen-bond acceptors (Lipinski definition) is 6. The van der Waals surface area contributed by atoms with Gasteiger partial charge in [0.2, 0.25) is 0 Å². The van der Waals surface area contributed by atoms with Gasteiger partial charge in [-0.05, 0) is 30.4 Å². The summed E-state index contributed by atoms with van der Waals surface area (Å²) in [6, 6.07) is 5.73. The van der Waals surface area contributed by atoms with E-state index < -0.39 is 11.5 Å². The number of aromatic carboxylic acids is 1. The molecule has 0 aliphatic carbocycles. The van der Waals surface area contributed by atoms with Crippen LogP contribution in [0.15, 0.2) is 35.3 Å². The number of H-pyrrole nitrogens is 1. The lowest BCUT2D eigenvalue weighted by atomic mass is 10.1. The number of fused-ring (bicyclic) bond motifs is 1. The molecule has 8 nitrogen and oxygen atoms in total. The van der Waals surface area contributed by atoms with Crippen molar-refractivity contribution in [3.63, 3.8) is 0 Å². The Bertz CT molecular complexity index is 1100. The minimum absolute atomic E-state index is 0.0513. The van der Waals surface area contributed by atoms with Crippen molar-refractivity contribution in [3.05, 3.63) is 51.2 Å². The molecule has 0 fully saturated rings. The Labute approximate surface area is 146 Å². The number of carboxylic acid groups (broad SMARTS) is 1. The van der Waals surface area contributed by atoms with Gasteiger partial charge in [-0.25, -0.2) is 14.3 Å². The maximum Gasteiger partial charge on any atom is 0.335 e. The molecule has 128 valence electrons. The van der Waals surface area contributed by atoms with E-state index in [9.17, 15) is 9.59 Å². The number of carboxylic acids is 1. The van der Waals surface area contributed by atoms with Gasteiger partial charge in [-0.3, -0.25) is 4.79 Å². The quantitative estimate of drug-likeness (QED) is 0.688. The van der Waals surface area contributed by atoms with E-state index in [1.807, 2.05) is 0 Å². The van der Waals surface area contributed by atoms with Crippen molar-refractivity contribution in [2.45, 2.75) is 0 Å². The topological polar surface area (TPSA) is 106 Å². The van der Waals surface area contributed by atoms with Crippen molar-refractivity contribution >= 4 is 29.1 Å². The van der Waals surface area contributed by atoms with Crippen LogP contribution in [0.5, 0.6) is 11.5 Å². The van der Waals surface area contributed by atoms with E-state index >= 15 is 0 Å². The number of pyridine rings is 1. The van der Waals surface area contributed by atoms with Gasteiger partial charge in [0, 0.05) is 6.07 Å². The number of methoxy groups -OCH3 is 2. The maximum absolute atomic E-state index is 12.9. The van der Waals surface area contributed by atoms with Crippen molar-refractivity contribution in [2.24, 2.45) is 0 Å². The summed E-state index contributed by atoms with van der Waals surface area (Å²) in [5.74, 6) is -0.111. The molecule has 0 aliphatic rings. The highest BCUT2D eigenvalue weighted by Gasteiger charge is 2.15. The molecule has 2 heterocycles. The number of aromatic amines is 1. The molecule has 0 saturated heterocycles. The fourth-order valence-corrected chi connectivity index (χ4v) is 2.67. The number of nitrogens with zero attached hydrogens (tertiary/aromatic N) is 2. The highest BCUT2D eigenvalue weighted by atomic mass is 32.1. The Morgan fingerprint density at radius 2 is 2.04 bits per heavy atom. The van der Waals surface area contributed by atoms with Gasteiger partial charge in [-0.15, -0.1) is 0 Å². The number of aromatic nitrogens is 3. The monoisotopic (exact) mass is 359 g/mol. The highest BCUT2D eigenvalue weighted by molar-refractivity contribution is 7.71. The van der Waals surface area contributed by atoms with Crippen molar-refractivity contribution in [2.75, 3.05) is 14.2 Å². The van der Waals surface area contributed by atoms with E-state index in [0.29, 0.717) is 17.0 Å². The van der Waals surface area contributed by atoms with E-state index in [-0.39, 0.29) is 21.5 Å². The molecular weight excluding hydrogens is 346 g/mol. The normalized spacial score (nSPS) is 10.6. The molecule has 0 radical (unpaired) electrons. The SMILES string of the molecule is COc1cnc(-n2c(=S)[nH]c3cc(C(=O)O)ccc3c2=O)c(OC)c1. The molecule has 0 unspecified atom stereocenters. The van der Waals surface area contributed by atoms with Crippen molar-refractivity contribution < 1.29 is 19.4 Å². The Balaban J connectivity index is 2.31. The zero-order chi connectivity index (χ0) is 18.1. The molecule has 0 amide bonds. The Morgan fingerprint density at radius 3 is 2.68 bits per heavy atom. The average Bonchev–Trinajstić information content (AvgIpc) is 2.61. The molecular formula is C16H13N3O5S. The Hall–Kier alpha value is -3.20. The summed E-state index contributed by atoms with van der Waals surface area (Å²) >= 11 is 5.26. The number of benzene rings is 1. The smallest absolute Gasteiger partial charge is 0.335 e. The molecule has 2 aromatic heterocycles. The van der Waals surface area contributed by atoms with Gasteiger partial charge in [0.25, 0.3) is 5.56 Å². The lowest BCUT2D eigenvalue weighted by Crippen LogP contribution is -2.22. The third-order valence-electron chi connectivity index (χ3n) is 3.62. The minimum Gasteiger partial charge on any atom is -0.495 e. The third-order valence-corrected chi connectivity index (χ3v) is 3.90. The molecule has 3 rings (SSSR count). The number of nitrogens with one attached hydrogen (secondary N) is 1. The molecule has 0 atom stereocenters. The summed E-state index contributed by atoms with van der Waals surface area (Å²) in [5.41, 5.74) is -0.0549. The first-order valence-corrected chi connectivity index (χ1v) is 7.48. The van der Waals surface area contributed by atoms with Gasteiger partial charge in [0.05, 0.1) is 36.9 Å². The second-order valence-corrected chi connectivity index (χ2v) is 5.42. The largest absolute Gasteiger partial charge is 0.495 e. The van der Waals surface area contributed by atoms with Crippen LogP contribution in [0.2, 0.25) is 0 Å². The molecule has 9 heteroatoms. The van der Waals surface area contributed by atoms with Gasteiger partial charge in [0.15, 0.2) is 16.3 Å². The van der Waals surface area contributed by atoms with Crippen LogP contribution < -0.4 is 15.0 Å². The predicted molar refractivity (Wildman–Crippen MR) is 92.6 cm³/mol. The van der Waals surface area contributed by atoms with Crippen molar-refractivity contribution in [1.29, 1.82) is 0 Å². The van der Waals surface area contributed by atoms with E-state index in [1.54, 1.807) is 6.07 Å². The first-order valence-electron chi connectivity index (χ1n) is 7.07. The molecule has 2 N–H and O–H groups in total. The van der Waals surface area contributed by atoms with E-state index in [2.05, 4.69) is 9.97 Å². The molecule has 0 saturated carbocycles. The lowest BCUT2D eigenvalue weighted by molar-refractivity contribution is 0.0697. The van der Waals surface area contributed by atoms with Crippen molar-refractivity contribution in [3.8, 4) is 17.3 Å². The Kier molecular flexibility index (Phi) is 4.24. The maximum atomic E-state index is 12.9. The predicted octanol–water partition coefficient (Wildman–Crippen LogP) is 2.16. The van der Waals surface area contributed by atoms with Crippen LogP contribution in [-0.4, -0.2) is 39.8 Å². The van der Waals surface area contributed by atoms with Crippen LogP contribution in [-0.2, 0) is 0 Å². The summed E-state index contributed by atoms with van der Waals surface area (Å²) in [7, 11) is 2.93. The standard InChI is InChI=1S/C16H13N3O5S/c1-23-9-6-12(24-2)13(17-7-9)19-14(20)10-4-3-8(15(21)22)5-11(10)18-16(19)25/h3-7H,1-2H3,(H,18,25)(H,21,22). The van der Waals surface area contributed by atoms with Crippen LogP contribution in [0, 0.1) is 4.77 Å². The molecule has 0 spiro atoms. The summed E-state index contributed by atoms with van der Waals surface area (Å²) in [5, 5.41) is 9.35. The molecule has 25 heavy (non-hydrogen) atoms. The second kappa shape index (κ2) is 6.36. The highest BCUT2D eigenvalue weighted by Crippen LogP contribution is 2.25. The lowest BCUT2D eigenvalue weighted by Gasteiger charge is -2.12. The van der Waals surface area contributed by atoms with E-state index in [4.69, 9.17) is 26.8 Å². The summed E-state index contributed by atoms with van der Waals surface area (Å²) in [4.78, 5) is 31.0. The molecule has 0 aliphatic heterocycles. The zero-order valence-electron chi connectivity index (χ0n) is 13.3. The number of hydrogen-bond donors (Lipinski definition) is 2. The van der Waals surface area contributed by atoms with Crippen LogP contribution in [0.25, 0.3) is 16.7 Å². The van der Waals surface area contributed by atoms with Gasteiger partial charge in [-0.2, -0.15) is 0 Å². The van der Waals surface area contributed by atoms with Crippen molar-refractivity contribution in [1.82, 2.24) is 14.5 Å².